The number of H-pyrrole nitrogens is 1. The van der Waals surface area contributed by atoms with Crippen molar-refractivity contribution in [3.63, 3.8) is 0 Å². The van der Waals surface area contributed by atoms with Crippen LogP contribution in [0.15, 0.2) is 41.2 Å². The molecule has 0 bridgehead atoms. The minimum Gasteiger partial charge on any atom is -0.336 e. The zero-order valence-electron chi connectivity index (χ0n) is 10.7. The van der Waals surface area contributed by atoms with Crippen LogP contribution in [0, 0.1) is 5.82 Å². The maximum atomic E-state index is 13.7. The van der Waals surface area contributed by atoms with E-state index in [1.165, 1.54) is 42.3 Å². The second kappa shape index (κ2) is 5.88. The number of carbonyl (C=O) groups excluding carboxylic acids is 1. The Morgan fingerprint density at radius 2 is 2.00 bits per heavy atom. The molecular formula is C14H12ClFN2O2. The van der Waals surface area contributed by atoms with E-state index < -0.39 is 11.7 Å². The van der Waals surface area contributed by atoms with Gasteiger partial charge in [0.15, 0.2) is 0 Å². The predicted octanol–water partition coefficient (Wildman–Crippen LogP) is 2.44. The summed E-state index contributed by atoms with van der Waals surface area (Å²) in [6.07, 6.45) is 0. The fourth-order valence-corrected chi connectivity index (χ4v) is 1.99. The fourth-order valence-electron chi connectivity index (χ4n) is 1.77. The van der Waals surface area contributed by atoms with E-state index in [1.807, 2.05) is 0 Å². The molecule has 0 fully saturated rings. The molecule has 0 aliphatic heterocycles. The van der Waals surface area contributed by atoms with E-state index in [4.69, 9.17) is 11.6 Å². The quantitative estimate of drug-likeness (QED) is 0.945. The summed E-state index contributed by atoms with van der Waals surface area (Å²) in [5.41, 5.74) is 0.0175. The van der Waals surface area contributed by atoms with Crippen molar-refractivity contribution in [2.24, 2.45) is 0 Å². The summed E-state index contributed by atoms with van der Waals surface area (Å²) >= 11 is 5.91. The number of nitrogens with zero attached hydrogens (tertiary/aromatic N) is 1. The average Bonchev–Trinajstić information content (AvgIpc) is 2.42. The lowest BCUT2D eigenvalue weighted by Gasteiger charge is -2.18. The number of hydrogen-bond acceptors (Lipinski definition) is 2. The highest BCUT2D eigenvalue weighted by atomic mass is 35.5. The van der Waals surface area contributed by atoms with Crippen LogP contribution in [0.5, 0.6) is 0 Å². The molecule has 0 saturated carbocycles. The largest absolute Gasteiger partial charge is 0.336 e. The number of rotatable bonds is 3. The normalized spacial score (nSPS) is 10.3. The first-order valence-corrected chi connectivity index (χ1v) is 6.24. The summed E-state index contributed by atoms with van der Waals surface area (Å²) in [4.78, 5) is 27.0. The van der Waals surface area contributed by atoms with Crippen LogP contribution in [0.2, 0.25) is 5.02 Å². The van der Waals surface area contributed by atoms with Crippen molar-refractivity contribution in [2.45, 2.75) is 6.54 Å². The lowest BCUT2D eigenvalue weighted by atomic mass is 10.2. The lowest BCUT2D eigenvalue weighted by molar-refractivity contribution is 0.0778. The van der Waals surface area contributed by atoms with Crippen molar-refractivity contribution in [3.05, 3.63) is 68.8 Å². The Hall–Kier alpha value is -2.14. The standard InChI is InChI=1S/C14H12ClFN2O2/c1-18(8-9-10(15)4-2-5-11(9)16)14(20)12-6-3-7-13(19)17-12/h2-7H,8H2,1H3,(H,17,19). The van der Waals surface area contributed by atoms with E-state index in [-0.39, 0.29) is 28.4 Å². The second-order valence-corrected chi connectivity index (χ2v) is 4.70. The van der Waals surface area contributed by atoms with E-state index >= 15 is 0 Å². The molecule has 0 atom stereocenters. The van der Waals surface area contributed by atoms with Gasteiger partial charge in [-0.05, 0) is 18.2 Å². The van der Waals surface area contributed by atoms with Gasteiger partial charge in [0, 0.05) is 23.7 Å². The van der Waals surface area contributed by atoms with Crippen molar-refractivity contribution >= 4 is 17.5 Å². The predicted molar refractivity (Wildman–Crippen MR) is 74.3 cm³/mol. The van der Waals surface area contributed by atoms with Crippen molar-refractivity contribution in [2.75, 3.05) is 7.05 Å². The van der Waals surface area contributed by atoms with Crippen molar-refractivity contribution in [1.82, 2.24) is 9.88 Å². The molecule has 104 valence electrons. The molecule has 2 rings (SSSR count). The maximum Gasteiger partial charge on any atom is 0.270 e. The van der Waals surface area contributed by atoms with Gasteiger partial charge in [0.1, 0.15) is 11.5 Å². The van der Waals surface area contributed by atoms with Crippen LogP contribution in [-0.2, 0) is 6.54 Å². The number of aromatic nitrogens is 1. The van der Waals surface area contributed by atoms with Crippen LogP contribution >= 0.6 is 11.6 Å². The van der Waals surface area contributed by atoms with Gasteiger partial charge in [-0.2, -0.15) is 0 Å². The highest BCUT2D eigenvalue weighted by molar-refractivity contribution is 6.31. The molecule has 6 heteroatoms. The summed E-state index contributed by atoms with van der Waals surface area (Å²) in [5, 5.41) is 0.256. The third-order valence-corrected chi connectivity index (χ3v) is 3.16. The van der Waals surface area contributed by atoms with E-state index in [1.54, 1.807) is 6.07 Å². The molecule has 0 radical (unpaired) electrons. The first kappa shape index (κ1) is 14.3. The number of carbonyl (C=O) groups is 1. The van der Waals surface area contributed by atoms with E-state index in [9.17, 15) is 14.0 Å². The fraction of sp³-hybridized carbons (Fsp3) is 0.143. The highest BCUT2D eigenvalue weighted by Gasteiger charge is 2.16. The van der Waals surface area contributed by atoms with Crippen LogP contribution in [0.1, 0.15) is 16.1 Å². The van der Waals surface area contributed by atoms with Gasteiger partial charge in [-0.1, -0.05) is 23.7 Å². The Morgan fingerprint density at radius 3 is 2.65 bits per heavy atom. The average molecular weight is 295 g/mol. The van der Waals surface area contributed by atoms with Crippen LogP contribution < -0.4 is 5.56 Å². The number of halogens is 2. The number of hydrogen-bond donors (Lipinski definition) is 1. The molecule has 1 aromatic carbocycles. The SMILES string of the molecule is CN(Cc1c(F)cccc1Cl)C(=O)c1cccc(=O)[nH]1. The molecule has 4 nitrogen and oxygen atoms in total. The summed E-state index contributed by atoms with van der Waals surface area (Å²) in [6.45, 7) is 0.0151. The molecule has 0 unspecified atom stereocenters. The first-order chi connectivity index (χ1) is 9.49. The van der Waals surface area contributed by atoms with E-state index in [0.29, 0.717) is 0 Å². The smallest absolute Gasteiger partial charge is 0.270 e. The minimum absolute atomic E-state index is 0.0151. The van der Waals surface area contributed by atoms with E-state index in [0.717, 1.165) is 0 Å². The van der Waals surface area contributed by atoms with Gasteiger partial charge in [-0.25, -0.2) is 4.39 Å². The number of amides is 1. The third kappa shape index (κ3) is 3.05. The van der Waals surface area contributed by atoms with Gasteiger partial charge in [-0.3, -0.25) is 9.59 Å². The third-order valence-electron chi connectivity index (χ3n) is 2.80. The summed E-state index contributed by atoms with van der Waals surface area (Å²) in [5.74, 6) is -0.888. The summed E-state index contributed by atoms with van der Waals surface area (Å²) < 4.78 is 13.7. The molecule has 1 N–H and O–H groups in total. The molecular weight excluding hydrogens is 283 g/mol. The monoisotopic (exact) mass is 294 g/mol. The highest BCUT2D eigenvalue weighted by Crippen LogP contribution is 2.20. The van der Waals surface area contributed by atoms with Gasteiger partial charge < -0.3 is 9.88 Å². The molecule has 0 saturated heterocycles. The maximum absolute atomic E-state index is 13.7. The molecule has 1 amide bonds. The van der Waals surface area contributed by atoms with Gasteiger partial charge in [0.2, 0.25) is 5.56 Å². The number of pyridine rings is 1. The molecule has 1 aromatic heterocycles. The lowest BCUT2D eigenvalue weighted by Crippen LogP contribution is -2.28. The van der Waals surface area contributed by atoms with Crippen LogP contribution in [-0.4, -0.2) is 22.8 Å². The molecule has 1 heterocycles. The van der Waals surface area contributed by atoms with Crippen molar-refractivity contribution in [1.29, 1.82) is 0 Å². The first-order valence-electron chi connectivity index (χ1n) is 5.86. The molecule has 0 aliphatic rings. The van der Waals surface area contributed by atoms with Gasteiger partial charge in [0.25, 0.3) is 5.91 Å². The Kier molecular flexibility index (Phi) is 4.20. The number of benzene rings is 1. The molecule has 0 aliphatic carbocycles. The van der Waals surface area contributed by atoms with Crippen LogP contribution in [0.25, 0.3) is 0 Å². The Labute approximate surface area is 119 Å². The van der Waals surface area contributed by atoms with E-state index in [2.05, 4.69) is 4.98 Å². The molecule has 20 heavy (non-hydrogen) atoms. The Balaban J connectivity index is 2.22. The van der Waals surface area contributed by atoms with Gasteiger partial charge in [0.05, 0.1) is 6.54 Å². The van der Waals surface area contributed by atoms with Crippen molar-refractivity contribution < 1.29 is 9.18 Å². The second-order valence-electron chi connectivity index (χ2n) is 4.29. The summed E-state index contributed by atoms with van der Waals surface area (Å²) in [7, 11) is 1.51. The van der Waals surface area contributed by atoms with Crippen LogP contribution in [0.3, 0.4) is 0 Å². The molecule has 2 aromatic rings. The minimum atomic E-state index is -0.473. The van der Waals surface area contributed by atoms with Gasteiger partial charge in [-0.15, -0.1) is 0 Å². The van der Waals surface area contributed by atoms with Crippen LogP contribution in [0.4, 0.5) is 4.39 Å². The Morgan fingerprint density at radius 1 is 1.30 bits per heavy atom. The number of nitrogens with one attached hydrogen (secondary N) is 1. The van der Waals surface area contributed by atoms with Gasteiger partial charge >= 0.3 is 0 Å². The number of aromatic amines is 1. The molecule has 0 spiro atoms. The topological polar surface area (TPSA) is 53.2 Å². The zero-order valence-corrected chi connectivity index (χ0v) is 11.4. The summed E-state index contributed by atoms with van der Waals surface area (Å²) in [6, 6.07) is 8.62. The zero-order chi connectivity index (χ0) is 14.7. The van der Waals surface area contributed by atoms with Crippen molar-refractivity contribution in [3.8, 4) is 0 Å². The Bertz CT molecular complexity index is 679.